The third-order valence-corrected chi connectivity index (χ3v) is 8.56. The molecule has 0 saturated heterocycles. The molecule has 0 aliphatic carbocycles. The Kier molecular flexibility index (Phi) is 10.3. The van der Waals surface area contributed by atoms with Crippen LogP contribution in [0.15, 0.2) is 71.6 Å². The first-order valence-electron chi connectivity index (χ1n) is 11.5. The van der Waals surface area contributed by atoms with E-state index in [9.17, 15) is 18.0 Å². The van der Waals surface area contributed by atoms with Crippen molar-refractivity contribution in [3.8, 4) is 0 Å². The summed E-state index contributed by atoms with van der Waals surface area (Å²) in [6, 6.07) is 15.8. The van der Waals surface area contributed by atoms with E-state index in [1.807, 2.05) is 0 Å². The Morgan fingerprint density at radius 3 is 2.08 bits per heavy atom. The van der Waals surface area contributed by atoms with Gasteiger partial charge in [-0.05, 0) is 61.9 Å². The Hall–Kier alpha value is -2.49. The normalized spacial score (nSPS) is 12.1. The predicted octanol–water partition coefficient (Wildman–Crippen LogP) is 6.05. The number of likely N-dealkylation sites (N-methyl/N-ethyl adjacent to an activating group) is 1. The zero-order valence-electron chi connectivity index (χ0n) is 20.5. The van der Waals surface area contributed by atoms with Crippen LogP contribution in [-0.2, 0) is 26.2 Å². The monoisotopic (exact) mass is 615 g/mol. The number of nitrogens with one attached hydrogen (secondary N) is 1. The number of carbonyl (C=O) groups excluding carboxylic acids is 2. The van der Waals surface area contributed by atoms with Crippen LogP contribution in [0.1, 0.15) is 19.4 Å². The number of carbonyl (C=O) groups is 2. The summed E-state index contributed by atoms with van der Waals surface area (Å²) >= 11 is 24.8. The molecule has 12 heteroatoms. The second-order valence-electron chi connectivity index (χ2n) is 8.25. The molecule has 2 amide bonds. The molecule has 0 spiro atoms. The quantitative estimate of drug-likeness (QED) is 0.300. The number of hydrogen-bond donors (Lipinski definition) is 1. The molecule has 0 fully saturated rings. The number of sulfonamides is 1. The van der Waals surface area contributed by atoms with E-state index in [-0.39, 0.29) is 22.2 Å². The van der Waals surface area contributed by atoms with Gasteiger partial charge in [0.2, 0.25) is 11.8 Å². The van der Waals surface area contributed by atoms with Crippen LogP contribution in [0.4, 0.5) is 5.69 Å². The van der Waals surface area contributed by atoms with E-state index < -0.39 is 34.4 Å². The highest BCUT2D eigenvalue weighted by Crippen LogP contribution is 2.33. The smallest absolute Gasteiger partial charge is 0.264 e. The van der Waals surface area contributed by atoms with Gasteiger partial charge in [-0.1, -0.05) is 70.7 Å². The van der Waals surface area contributed by atoms with Gasteiger partial charge in [-0.15, -0.1) is 0 Å². The van der Waals surface area contributed by atoms with Crippen LogP contribution in [0, 0.1) is 0 Å². The van der Waals surface area contributed by atoms with Crippen LogP contribution in [0.5, 0.6) is 0 Å². The van der Waals surface area contributed by atoms with Crippen LogP contribution >= 0.6 is 46.4 Å². The first-order chi connectivity index (χ1) is 17.9. The summed E-state index contributed by atoms with van der Waals surface area (Å²) in [6.07, 6.45) is 0. The Morgan fingerprint density at radius 1 is 0.895 bits per heavy atom. The van der Waals surface area contributed by atoms with Crippen molar-refractivity contribution in [1.29, 1.82) is 0 Å². The molecule has 3 aromatic carbocycles. The number of anilines is 1. The van der Waals surface area contributed by atoms with Gasteiger partial charge in [0.25, 0.3) is 10.0 Å². The maximum atomic E-state index is 13.8. The molecular weight excluding hydrogens is 592 g/mol. The van der Waals surface area contributed by atoms with Crippen molar-refractivity contribution in [2.45, 2.75) is 31.3 Å². The van der Waals surface area contributed by atoms with Crippen molar-refractivity contribution in [1.82, 2.24) is 10.2 Å². The third-order valence-electron chi connectivity index (χ3n) is 5.66. The van der Waals surface area contributed by atoms with Gasteiger partial charge in [0.15, 0.2) is 0 Å². The highest BCUT2D eigenvalue weighted by Gasteiger charge is 2.33. The van der Waals surface area contributed by atoms with Crippen LogP contribution in [0.3, 0.4) is 0 Å². The first kappa shape index (κ1) is 30.1. The van der Waals surface area contributed by atoms with E-state index in [4.69, 9.17) is 46.4 Å². The minimum absolute atomic E-state index is 0.0360. The highest BCUT2D eigenvalue weighted by molar-refractivity contribution is 7.92. The van der Waals surface area contributed by atoms with Gasteiger partial charge < -0.3 is 10.2 Å². The molecule has 3 rings (SSSR count). The maximum absolute atomic E-state index is 13.8. The average Bonchev–Trinajstić information content (AvgIpc) is 2.87. The summed E-state index contributed by atoms with van der Waals surface area (Å²) in [5.41, 5.74) is 0.589. The molecule has 0 aliphatic heterocycles. The van der Waals surface area contributed by atoms with Crippen molar-refractivity contribution < 1.29 is 18.0 Å². The van der Waals surface area contributed by atoms with Gasteiger partial charge in [-0.2, -0.15) is 0 Å². The number of halogens is 4. The summed E-state index contributed by atoms with van der Waals surface area (Å²) in [5, 5.41) is 3.73. The summed E-state index contributed by atoms with van der Waals surface area (Å²) in [6.45, 7) is 2.94. The fourth-order valence-electron chi connectivity index (χ4n) is 3.65. The Morgan fingerprint density at radius 2 is 1.50 bits per heavy atom. The van der Waals surface area contributed by atoms with Gasteiger partial charge >= 0.3 is 0 Å². The molecule has 7 nitrogen and oxygen atoms in total. The topological polar surface area (TPSA) is 86.8 Å². The van der Waals surface area contributed by atoms with E-state index in [0.29, 0.717) is 27.2 Å². The van der Waals surface area contributed by atoms with Gasteiger partial charge in [0.05, 0.1) is 15.6 Å². The molecule has 38 heavy (non-hydrogen) atoms. The first-order valence-corrected chi connectivity index (χ1v) is 14.4. The summed E-state index contributed by atoms with van der Waals surface area (Å²) in [5.74, 6) is -1.06. The van der Waals surface area contributed by atoms with E-state index in [1.165, 1.54) is 41.3 Å². The Labute approximate surface area is 242 Å². The number of hydrogen-bond acceptors (Lipinski definition) is 4. The third kappa shape index (κ3) is 7.12. The fraction of sp³-hybridized carbons (Fsp3) is 0.231. The van der Waals surface area contributed by atoms with Crippen LogP contribution in [0.2, 0.25) is 20.1 Å². The minimum Gasteiger partial charge on any atom is -0.355 e. The van der Waals surface area contributed by atoms with Crippen LogP contribution < -0.4 is 9.62 Å². The van der Waals surface area contributed by atoms with Gasteiger partial charge in [-0.3, -0.25) is 13.9 Å². The van der Waals surface area contributed by atoms with E-state index >= 15 is 0 Å². The summed E-state index contributed by atoms with van der Waals surface area (Å²) in [4.78, 5) is 27.8. The van der Waals surface area contributed by atoms with Crippen molar-refractivity contribution in [3.05, 3.63) is 92.4 Å². The second-order valence-corrected chi connectivity index (χ2v) is 11.8. The van der Waals surface area contributed by atoms with Crippen LogP contribution in [-0.4, -0.2) is 44.3 Å². The molecule has 1 N–H and O–H groups in total. The van der Waals surface area contributed by atoms with Crippen molar-refractivity contribution in [3.63, 3.8) is 0 Å². The molecule has 0 bridgehead atoms. The highest BCUT2D eigenvalue weighted by atomic mass is 35.5. The van der Waals surface area contributed by atoms with Gasteiger partial charge in [-0.25, -0.2) is 8.42 Å². The molecule has 0 aromatic heterocycles. The second kappa shape index (κ2) is 13.0. The summed E-state index contributed by atoms with van der Waals surface area (Å²) in [7, 11) is -4.25. The largest absolute Gasteiger partial charge is 0.355 e. The standard InChI is InChI=1S/C26H25Cl4N3O4S/c1-3-31-26(35)17(2)32(15-18-9-10-19(27)13-22(18)29)25(34)16-33(24-12-11-20(28)14-23(24)30)38(36,37)21-7-5-4-6-8-21/h4-14,17H,3,15-16H2,1-2H3,(H,31,35)/t17-/m0/s1. The average molecular weight is 617 g/mol. The summed E-state index contributed by atoms with van der Waals surface area (Å²) < 4.78 is 28.4. The van der Waals surface area contributed by atoms with Gasteiger partial charge in [0, 0.05) is 28.2 Å². The van der Waals surface area contributed by atoms with E-state index in [0.717, 1.165) is 4.31 Å². The lowest BCUT2D eigenvalue weighted by Gasteiger charge is -2.32. The SMILES string of the molecule is CCNC(=O)[C@H](C)N(Cc1ccc(Cl)cc1Cl)C(=O)CN(c1ccc(Cl)cc1Cl)S(=O)(=O)c1ccccc1. The molecule has 0 saturated carbocycles. The molecule has 0 radical (unpaired) electrons. The molecule has 1 atom stereocenters. The maximum Gasteiger partial charge on any atom is 0.264 e. The van der Waals surface area contributed by atoms with Crippen molar-refractivity contribution in [2.75, 3.05) is 17.4 Å². The molecule has 0 aliphatic rings. The van der Waals surface area contributed by atoms with Crippen LogP contribution in [0.25, 0.3) is 0 Å². The zero-order chi connectivity index (χ0) is 28.0. The Balaban J connectivity index is 2.07. The number of rotatable bonds is 10. The van der Waals surface area contributed by atoms with E-state index in [2.05, 4.69) is 5.32 Å². The zero-order valence-corrected chi connectivity index (χ0v) is 24.3. The molecule has 0 heterocycles. The van der Waals surface area contributed by atoms with Crippen molar-refractivity contribution >= 4 is 73.9 Å². The lowest BCUT2D eigenvalue weighted by molar-refractivity contribution is -0.139. The molecular formula is C26H25Cl4N3O4S. The predicted molar refractivity (Wildman–Crippen MR) is 153 cm³/mol. The lowest BCUT2D eigenvalue weighted by atomic mass is 10.1. The van der Waals surface area contributed by atoms with E-state index in [1.54, 1.807) is 44.2 Å². The number of nitrogens with zero attached hydrogens (tertiary/aromatic N) is 2. The molecule has 0 unspecified atom stereocenters. The number of benzene rings is 3. The fourth-order valence-corrected chi connectivity index (χ4v) is 6.14. The Bertz CT molecular complexity index is 1420. The van der Waals surface area contributed by atoms with Crippen molar-refractivity contribution in [2.24, 2.45) is 0 Å². The van der Waals surface area contributed by atoms with Gasteiger partial charge in [0.1, 0.15) is 12.6 Å². The lowest BCUT2D eigenvalue weighted by Crippen LogP contribution is -2.51. The minimum atomic E-state index is -4.25. The number of amides is 2. The molecule has 202 valence electrons. The molecule has 3 aromatic rings.